The number of carbonyl (C=O) groups is 1. The third-order valence-electron chi connectivity index (χ3n) is 8.89. The summed E-state index contributed by atoms with van der Waals surface area (Å²) in [5.74, 6) is -0.204. The maximum absolute atomic E-state index is 13.0. The summed E-state index contributed by atoms with van der Waals surface area (Å²) in [6, 6.07) is 2.09. The molecule has 1 unspecified atom stereocenters. The summed E-state index contributed by atoms with van der Waals surface area (Å²) < 4.78 is 31.0. The minimum Gasteiger partial charge on any atom is -0.458 e. The van der Waals surface area contributed by atoms with Crippen molar-refractivity contribution in [2.75, 3.05) is 0 Å². The monoisotopic (exact) mass is 578 g/mol. The first-order chi connectivity index (χ1) is 20.2. The van der Waals surface area contributed by atoms with E-state index in [-0.39, 0.29) is 48.5 Å². The van der Waals surface area contributed by atoms with Crippen LogP contribution in [-0.4, -0.2) is 58.8 Å². The number of aromatic nitrogens is 1. The van der Waals surface area contributed by atoms with Crippen LogP contribution in [0.25, 0.3) is 6.08 Å². The van der Waals surface area contributed by atoms with Crippen molar-refractivity contribution >= 4 is 12.0 Å². The molecule has 9 nitrogen and oxygen atoms in total. The summed E-state index contributed by atoms with van der Waals surface area (Å²) in [7, 11) is 0. The highest BCUT2D eigenvalue weighted by atomic mass is 16.6. The van der Waals surface area contributed by atoms with Crippen molar-refractivity contribution < 1.29 is 33.3 Å². The fourth-order valence-electron chi connectivity index (χ4n) is 6.81. The molecule has 3 saturated heterocycles. The maximum atomic E-state index is 13.0. The fourth-order valence-corrected chi connectivity index (χ4v) is 6.81. The molecule has 226 valence electrons. The molecule has 3 fully saturated rings. The zero-order valence-corrected chi connectivity index (χ0v) is 24.7. The molecule has 1 aromatic rings. The third-order valence-corrected chi connectivity index (χ3v) is 8.89. The minimum absolute atomic E-state index is 0.0834. The van der Waals surface area contributed by atoms with Crippen molar-refractivity contribution in [2.45, 2.75) is 115 Å². The average Bonchev–Trinajstić information content (AvgIpc) is 3.40. The van der Waals surface area contributed by atoms with E-state index >= 15 is 0 Å². The van der Waals surface area contributed by atoms with Crippen LogP contribution in [0.5, 0.6) is 0 Å². The van der Waals surface area contributed by atoms with E-state index in [9.17, 15) is 15.2 Å². The number of oxazole rings is 1. The quantitative estimate of drug-likeness (QED) is 0.260. The molecule has 1 N–H and O–H groups in total. The summed E-state index contributed by atoms with van der Waals surface area (Å²) in [4.78, 5) is 17.6. The Kier molecular flexibility index (Phi) is 9.79. The summed E-state index contributed by atoms with van der Waals surface area (Å²) in [6.45, 7) is 10.1. The predicted octanol–water partition coefficient (Wildman–Crippen LogP) is 5.53. The van der Waals surface area contributed by atoms with Crippen LogP contribution in [0.2, 0.25) is 0 Å². The van der Waals surface area contributed by atoms with E-state index in [0.717, 1.165) is 24.0 Å². The number of hydrogen-bond donors (Lipinski definition) is 1. The van der Waals surface area contributed by atoms with Crippen molar-refractivity contribution in [3.63, 3.8) is 0 Å². The third kappa shape index (κ3) is 7.30. The van der Waals surface area contributed by atoms with Gasteiger partial charge in [0.05, 0.1) is 42.7 Å². The van der Waals surface area contributed by atoms with Gasteiger partial charge in [0.2, 0.25) is 5.89 Å². The van der Waals surface area contributed by atoms with Gasteiger partial charge in [0.1, 0.15) is 24.2 Å². The van der Waals surface area contributed by atoms with Crippen LogP contribution in [0, 0.1) is 23.2 Å². The number of esters is 1. The zero-order valence-electron chi connectivity index (χ0n) is 24.7. The molecule has 4 aliphatic rings. The number of aliphatic hydroxyl groups excluding tert-OH is 1. The molecule has 10 atom stereocenters. The van der Waals surface area contributed by atoms with Crippen LogP contribution >= 0.6 is 0 Å². The number of nitrogens with zero attached hydrogens (tertiary/aromatic N) is 2. The summed E-state index contributed by atoms with van der Waals surface area (Å²) >= 11 is 0. The van der Waals surface area contributed by atoms with Gasteiger partial charge in [0.25, 0.3) is 0 Å². The van der Waals surface area contributed by atoms with E-state index in [1.54, 1.807) is 12.3 Å². The van der Waals surface area contributed by atoms with Gasteiger partial charge in [-0.1, -0.05) is 38.2 Å². The van der Waals surface area contributed by atoms with Crippen molar-refractivity contribution in [1.82, 2.24) is 4.98 Å². The fraction of sp³-hybridized carbons (Fsp3) is 0.606. The Balaban J connectivity index is 1.42. The summed E-state index contributed by atoms with van der Waals surface area (Å²) in [6.07, 6.45) is 12.1. The number of nitriles is 1. The number of carbonyl (C=O) groups excluding carboxylic acids is 1. The van der Waals surface area contributed by atoms with Crippen molar-refractivity contribution in [3.8, 4) is 6.07 Å². The van der Waals surface area contributed by atoms with Crippen molar-refractivity contribution in [2.24, 2.45) is 11.8 Å². The summed E-state index contributed by atoms with van der Waals surface area (Å²) in [5.41, 5.74) is 2.55. The molecule has 0 aromatic carbocycles. The molecular weight excluding hydrogens is 536 g/mol. The first kappa shape index (κ1) is 30.4. The molecule has 9 heteroatoms. The van der Waals surface area contributed by atoms with Gasteiger partial charge >= 0.3 is 5.97 Å². The van der Waals surface area contributed by atoms with Gasteiger partial charge in [-0.2, -0.15) is 5.26 Å². The topological polar surface area (TPSA) is 124 Å². The van der Waals surface area contributed by atoms with E-state index in [1.165, 1.54) is 12.2 Å². The Morgan fingerprint density at radius 1 is 1.05 bits per heavy atom. The van der Waals surface area contributed by atoms with E-state index in [1.807, 2.05) is 32.9 Å². The van der Waals surface area contributed by atoms with Gasteiger partial charge in [-0.15, -0.1) is 0 Å². The molecule has 8 bridgehead atoms. The predicted molar refractivity (Wildman–Crippen MR) is 155 cm³/mol. The average molecular weight is 579 g/mol. The molecule has 1 aromatic heterocycles. The Morgan fingerprint density at radius 2 is 1.83 bits per heavy atom. The van der Waals surface area contributed by atoms with E-state index in [0.29, 0.717) is 43.7 Å². The van der Waals surface area contributed by atoms with Gasteiger partial charge in [-0.05, 0) is 50.7 Å². The molecule has 0 radical (unpaired) electrons. The molecule has 0 saturated carbocycles. The lowest BCUT2D eigenvalue weighted by Gasteiger charge is -2.44. The molecule has 5 rings (SSSR count). The second kappa shape index (κ2) is 13.5. The molecule has 0 aliphatic carbocycles. The largest absolute Gasteiger partial charge is 0.458 e. The lowest BCUT2D eigenvalue weighted by Crippen LogP contribution is -2.50. The Morgan fingerprint density at radius 3 is 2.64 bits per heavy atom. The van der Waals surface area contributed by atoms with Crippen LogP contribution in [0.1, 0.15) is 83.4 Å². The van der Waals surface area contributed by atoms with Gasteiger partial charge in [0.15, 0.2) is 0 Å². The number of hydrogen-bond acceptors (Lipinski definition) is 9. The standard InChI is InChI=1S/C33H42N2O7/c1-19-13-24-7-5-10-31(37)42-33-21(3)28(41-32(22(33)4)20(2)11-12-34)8-6-9-30-35-27(18-38-30)29-16-23(36)15-26(40-29)17-25(14-19)39-24/h5-6,9-11,18,21-26,28-29,32-33,36H,1,7-8,13-17H2,2-4H3/b9-6+,10-5-,20-11+/t21-,22-,23+,24-,25+,26-,28+,29+,32-,33?/m0/s1. The van der Waals surface area contributed by atoms with Crippen LogP contribution in [0.15, 0.2) is 52.7 Å². The van der Waals surface area contributed by atoms with Crippen LogP contribution < -0.4 is 0 Å². The number of allylic oxidation sites excluding steroid dienone is 1. The van der Waals surface area contributed by atoms with E-state index < -0.39 is 18.2 Å². The second-order valence-electron chi connectivity index (χ2n) is 12.3. The highest BCUT2D eigenvalue weighted by Gasteiger charge is 2.43. The van der Waals surface area contributed by atoms with Gasteiger partial charge in [-0.25, -0.2) is 9.78 Å². The van der Waals surface area contributed by atoms with E-state index in [2.05, 4.69) is 17.6 Å². The number of fused-ring (bicyclic) bond motifs is 9. The Hall–Kier alpha value is -3.03. The smallest absolute Gasteiger partial charge is 0.330 e. The Bertz CT molecular complexity index is 1260. The lowest BCUT2D eigenvalue weighted by atomic mass is 9.79. The molecule has 4 aliphatic heterocycles. The Labute approximate surface area is 247 Å². The first-order valence-electron chi connectivity index (χ1n) is 15.1. The van der Waals surface area contributed by atoms with Crippen LogP contribution in [0.4, 0.5) is 0 Å². The summed E-state index contributed by atoms with van der Waals surface area (Å²) in [5, 5.41) is 19.9. The second-order valence-corrected chi connectivity index (χ2v) is 12.3. The molecule has 42 heavy (non-hydrogen) atoms. The van der Waals surface area contributed by atoms with Gasteiger partial charge in [0, 0.05) is 36.8 Å². The van der Waals surface area contributed by atoms with Crippen LogP contribution in [-0.2, 0) is 23.7 Å². The molecule has 5 heterocycles. The van der Waals surface area contributed by atoms with Crippen molar-refractivity contribution in [3.05, 3.63) is 59.9 Å². The highest BCUT2D eigenvalue weighted by molar-refractivity contribution is 5.82. The van der Waals surface area contributed by atoms with Gasteiger partial charge < -0.3 is 28.5 Å². The number of rotatable bonds is 1. The normalized spacial score (nSPS) is 39.7. The first-order valence-corrected chi connectivity index (χ1v) is 15.1. The molecular formula is C33H42N2O7. The number of ether oxygens (including phenoxy) is 4. The SMILES string of the molecule is C=C1C[C@@H]2C[C@@H]3C[C@@H](O)C[C@@H](O3)c3coc(n3)/C=C/C[C@H]3O[C@@H](/C(C)=C/C#N)[C@H](C)C(OC(=O)/C=C\C[C@@H](C1)O2)[C@H]3C. The lowest BCUT2D eigenvalue weighted by molar-refractivity contribution is -0.180. The number of aliphatic hydroxyl groups is 1. The maximum Gasteiger partial charge on any atom is 0.330 e. The van der Waals surface area contributed by atoms with Crippen molar-refractivity contribution in [1.29, 1.82) is 5.26 Å². The molecule has 0 spiro atoms. The minimum atomic E-state index is -0.505. The molecule has 0 amide bonds. The highest BCUT2D eigenvalue weighted by Crippen LogP contribution is 2.38. The van der Waals surface area contributed by atoms with Crippen LogP contribution in [0.3, 0.4) is 0 Å². The zero-order chi connectivity index (χ0) is 29.8. The van der Waals surface area contributed by atoms with Gasteiger partial charge in [-0.3, -0.25) is 0 Å². The van der Waals surface area contributed by atoms with E-state index in [4.69, 9.17) is 23.4 Å².